The highest BCUT2D eigenvalue weighted by atomic mass is 35.5. The number of nitrogens with one attached hydrogen (secondary N) is 1. The molecule has 10 nitrogen and oxygen atoms in total. The summed E-state index contributed by atoms with van der Waals surface area (Å²) in [5.41, 5.74) is 0.840. The number of amides is 1. The highest BCUT2D eigenvalue weighted by Crippen LogP contribution is 2.38. The molecule has 3 aromatic rings. The van der Waals surface area contributed by atoms with Gasteiger partial charge in [-0.2, -0.15) is 0 Å². The Morgan fingerprint density at radius 2 is 1.97 bits per heavy atom. The second-order valence-corrected chi connectivity index (χ2v) is 9.78. The molecule has 1 aromatic heterocycles. The molecule has 1 amide bonds. The molecule has 1 aliphatic rings. The average Bonchev–Trinajstić information content (AvgIpc) is 2.88. The summed E-state index contributed by atoms with van der Waals surface area (Å²) < 4.78 is 44.1. The number of anilines is 2. The van der Waals surface area contributed by atoms with Crippen molar-refractivity contribution in [1.29, 1.82) is 0 Å². The Kier molecular flexibility index (Phi) is 7.32. The molecular formula is C24H22ClN3O7S. The number of benzene rings is 2. The van der Waals surface area contributed by atoms with Crippen molar-refractivity contribution in [3.05, 3.63) is 71.0 Å². The van der Waals surface area contributed by atoms with Crippen LogP contribution in [-0.4, -0.2) is 52.1 Å². The molecule has 0 radical (unpaired) electrons. The molecule has 1 N–H and O–H groups in total. The number of pyridine rings is 1. The average molecular weight is 532 g/mol. The SMILES string of the molecule is CCOC(=O)c1ccc(NC(=O)c2ccc3c(c2)N(S(=O)(=O)c2cc(Cl)ccc2OC)CCO3)cn1. The molecule has 0 saturated carbocycles. The molecule has 0 fully saturated rings. The van der Waals surface area contributed by atoms with Crippen molar-refractivity contribution in [2.75, 3.05) is 36.5 Å². The summed E-state index contributed by atoms with van der Waals surface area (Å²) in [5.74, 6) is -0.627. The van der Waals surface area contributed by atoms with Gasteiger partial charge in [-0.15, -0.1) is 0 Å². The fourth-order valence-corrected chi connectivity index (χ4v) is 5.42. The molecule has 0 spiro atoms. The standard InChI is InChI=1S/C24H22ClN3O7S/c1-3-34-24(30)18-7-6-17(14-26-18)27-23(29)15-4-8-20-19(12-15)28(10-11-35-20)36(31,32)22-13-16(25)5-9-21(22)33-2/h4-9,12-14H,3,10-11H2,1-2H3,(H,27,29). The predicted molar refractivity (Wildman–Crippen MR) is 133 cm³/mol. The molecule has 1 aliphatic heterocycles. The van der Waals surface area contributed by atoms with E-state index in [9.17, 15) is 18.0 Å². The number of methoxy groups -OCH3 is 1. The van der Waals surface area contributed by atoms with Crippen molar-refractivity contribution in [2.45, 2.75) is 11.8 Å². The van der Waals surface area contributed by atoms with E-state index >= 15 is 0 Å². The van der Waals surface area contributed by atoms with Crippen LogP contribution in [0, 0.1) is 0 Å². The van der Waals surface area contributed by atoms with Gasteiger partial charge < -0.3 is 19.5 Å². The lowest BCUT2D eigenvalue weighted by Crippen LogP contribution is -2.38. The van der Waals surface area contributed by atoms with E-state index in [0.29, 0.717) is 11.4 Å². The van der Waals surface area contributed by atoms with Gasteiger partial charge in [0.15, 0.2) is 0 Å². The van der Waals surface area contributed by atoms with Crippen molar-refractivity contribution in [2.24, 2.45) is 0 Å². The maximum absolute atomic E-state index is 13.6. The highest BCUT2D eigenvalue weighted by molar-refractivity contribution is 7.93. The summed E-state index contributed by atoms with van der Waals surface area (Å²) in [4.78, 5) is 28.6. The van der Waals surface area contributed by atoms with Crippen LogP contribution in [0.3, 0.4) is 0 Å². The van der Waals surface area contributed by atoms with E-state index < -0.39 is 21.9 Å². The van der Waals surface area contributed by atoms with Gasteiger partial charge in [0.05, 0.1) is 37.8 Å². The van der Waals surface area contributed by atoms with Crippen molar-refractivity contribution in [3.63, 3.8) is 0 Å². The van der Waals surface area contributed by atoms with Gasteiger partial charge in [0.25, 0.3) is 15.9 Å². The number of esters is 1. The number of sulfonamides is 1. The first-order valence-corrected chi connectivity index (χ1v) is 12.6. The minimum atomic E-state index is -4.10. The maximum atomic E-state index is 13.6. The molecular weight excluding hydrogens is 510 g/mol. The summed E-state index contributed by atoms with van der Waals surface area (Å²) in [7, 11) is -2.73. The van der Waals surface area contributed by atoms with Crippen LogP contribution in [0.2, 0.25) is 5.02 Å². The van der Waals surface area contributed by atoms with E-state index in [4.69, 9.17) is 25.8 Å². The summed E-state index contributed by atoms with van der Waals surface area (Å²) in [5, 5.41) is 2.91. The largest absolute Gasteiger partial charge is 0.495 e. The van der Waals surface area contributed by atoms with Crippen LogP contribution in [0.15, 0.2) is 59.6 Å². The minimum Gasteiger partial charge on any atom is -0.495 e. The van der Waals surface area contributed by atoms with E-state index in [1.807, 2.05) is 0 Å². The van der Waals surface area contributed by atoms with Crippen LogP contribution < -0.4 is 19.1 Å². The zero-order valence-electron chi connectivity index (χ0n) is 19.4. The Morgan fingerprint density at radius 1 is 1.17 bits per heavy atom. The molecule has 4 rings (SSSR count). The fourth-order valence-electron chi connectivity index (χ4n) is 3.55. The van der Waals surface area contributed by atoms with Crippen LogP contribution in [0.5, 0.6) is 11.5 Å². The molecule has 188 valence electrons. The van der Waals surface area contributed by atoms with Gasteiger partial charge in [0.2, 0.25) is 0 Å². The molecule has 0 bridgehead atoms. The molecule has 0 saturated heterocycles. The Hall–Kier alpha value is -3.83. The quantitative estimate of drug-likeness (QED) is 0.457. The summed E-state index contributed by atoms with van der Waals surface area (Å²) in [6.45, 7) is 2.06. The summed E-state index contributed by atoms with van der Waals surface area (Å²) >= 11 is 6.06. The number of rotatable bonds is 7. The first-order valence-electron chi connectivity index (χ1n) is 10.8. The van der Waals surface area contributed by atoms with Crippen LogP contribution in [0.4, 0.5) is 11.4 Å². The number of nitrogens with zero attached hydrogens (tertiary/aromatic N) is 2. The van der Waals surface area contributed by atoms with E-state index in [1.54, 1.807) is 6.92 Å². The number of aromatic nitrogens is 1. The molecule has 36 heavy (non-hydrogen) atoms. The lowest BCUT2D eigenvalue weighted by Gasteiger charge is -2.31. The zero-order valence-corrected chi connectivity index (χ0v) is 20.9. The van der Waals surface area contributed by atoms with Gasteiger partial charge in [0.1, 0.15) is 28.7 Å². The molecule has 2 aromatic carbocycles. The van der Waals surface area contributed by atoms with Gasteiger partial charge in [0, 0.05) is 10.6 Å². The van der Waals surface area contributed by atoms with Gasteiger partial charge in [-0.05, 0) is 55.5 Å². The number of fused-ring (bicyclic) bond motifs is 1. The molecule has 0 atom stereocenters. The Labute approximate surface area is 212 Å². The Bertz CT molecular complexity index is 1410. The number of carbonyl (C=O) groups is 2. The van der Waals surface area contributed by atoms with Gasteiger partial charge in [-0.3, -0.25) is 9.10 Å². The van der Waals surface area contributed by atoms with E-state index in [2.05, 4.69) is 10.3 Å². The number of carbonyl (C=O) groups excluding carboxylic acids is 2. The van der Waals surface area contributed by atoms with Crippen molar-refractivity contribution < 1.29 is 32.2 Å². The Morgan fingerprint density at radius 3 is 2.67 bits per heavy atom. The number of hydrogen-bond donors (Lipinski definition) is 1. The lowest BCUT2D eigenvalue weighted by atomic mass is 10.1. The highest BCUT2D eigenvalue weighted by Gasteiger charge is 2.33. The van der Waals surface area contributed by atoms with Crippen LogP contribution in [-0.2, 0) is 14.8 Å². The lowest BCUT2D eigenvalue weighted by molar-refractivity contribution is 0.0519. The molecule has 2 heterocycles. The monoisotopic (exact) mass is 531 g/mol. The minimum absolute atomic E-state index is 0.0231. The summed E-state index contributed by atoms with van der Waals surface area (Å²) in [6, 6.07) is 11.7. The topological polar surface area (TPSA) is 124 Å². The Balaban J connectivity index is 1.62. The first kappa shape index (κ1) is 25.3. The summed E-state index contributed by atoms with van der Waals surface area (Å²) in [6.07, 6.45) is 1.33. The van der Waals surface area contributed by atoms with Crippen LogP contribution >= 0.6 is 11.6 Å². The van der Waals surface area contributed by atoms with E-state index in [1.165, 1.54) is 61.8 Å². The third-order valence-electron chi connectivity index (χ3n) is 5.24. The number of ether oxygens (including phenoxy) is 3. The van der Waals surface area contributed by atoms with E-state index in [-0.39, 0.29) is 52.4 Å². The number of halogens is 1. The van der Waals surface area contributed by atoms with E-state index in [0.717, 1.165) is 4.31 Å². The fraction of sp³-hybridized carbons (Fsp3) is 0.208. The predicted octanol–water partition coefficient (Wildman–Crippen LogP) is 3.76. The van der Waals surface area contributed by atoms with Gasteiger partial charge in [-0.1, -0.05) is 11.6 Å². The number of hydrogen-bond acceptors (Lipinski definition) is 8. The molecule has 0 aliphatic carbocycles. The third-order valence-corrected chi connectivity index (χ3v) is 7.31. The smallest absolute Gasteiger partial charge is 0.356 e. The van der Waals surface area contributed by atoms with Crippen molar-refractivity contribution in [3.8, 4) is 11.5 Å². The first-order chi connectivity index (χ1) is 17.2. The van der Waals surface area contributed by atoms with Crippen LogP contribution in [0.25, 0.3) is 0 Å². The van der Waals surface area contributed by atoms with Crippen molar-refractivity contribution in [1.82, 2.24) is 4.98 Å². The van der Waals surface area contributed by atoms with Gasteiger partial charge in [-0.25, -0.2) is 18.2 Å². The van der Waals surface area contributed by atoms with Crippen molar-refractivity contribution >= 4 is 44.9 Å². The normalized spacial score (nSPS) is 12.8. The second-order valence-electron chi connectivity index (χ2n) is 7.51. The van der Waals surface area contributed by atoms with Crippen LogP contribution in [0.1, 0.15) is 27.8 Å². The molecule has 0 unspecified atom stereocenters. The third kappa shape index (κ3) is 5.07. The molecule has 12 heteroatoms. The van der Waals surface area contributed by atoms with Gasteiger partial charge >= 0.3 is 5.97 Å². The zero-order chi connectivity index (χ0) is 25.9. The second kappa shape index (κ2) is 10.4. The maximum Gasteiger partial charge on any atom is 0.356 e.